The molecule has 0 aliphatic carbocycles. The molecule has 0 unspecified atom stereocenters. The summed E-state index contributed by atoms with van der Waals surface area (Å²) >= 11 is 1.73. The molecule has 0 atom stereocenters. The standard InChI is InChI=1S/C17H23FN4S.HI/c1-22(2)12-14-10-13(5-6-16(14)18)11-21-17(19)20-8-7-15-4-3-9-23-15;/h3-6,9-10H,7-8,11-12H2,1-2H3,(H3,19,20,21);1H. The van der Waals surface area contributed by atoms with Crippen molar-refractivity contribution in [3.8, 4) is 0 Å². The SMILES string of the molecule is CN(C)Cc1cc(CN=C(N)NCCc2cccs2)ccc1F.I. The van der Waals surface area contributed by atoms with Crippen LogP contribution in [0.4, 0.5) is 4.39 Å². The third-order valence-corrected chi connectivity index (χ3v) is 4.22. The zero-order valence-electron chi connectivity index (χ0n) is 14.0. The molecule has 0 saturated carbocycles. The van der Waals surface area contributed by atoms with Gasteiger partial charge in [-0.1, -0.05) is 12.1 Å². The van der Waals surface area contributed by atoms with Crippen LogP contribution in [0, 0.1) is 5.82 Å². The summed E-state index contributed by atoms with van der Waals surface area (Å²) in [6.07, 6.45) is 0.928. The smallest absolute Gasteiger partial charge is 0.188 e. The van der Waals surface area contributed by atoms with Crippen molar-refractivity contribution in [3.63, 3.8) is 0 Å². The molecule has 0 bridgehead atoms. The first-order valence-electron chi connectivity index (χ1n) is 7.53. The summed E-state index contributed by atoms with van der Waals surface area (Å²) in [5, 5.41) is 5.16. The topological polar surface area (TPSA) is 53.6 Å². The van der Waals surface area contributed by atoms with Crippen LogP contribution in [0.1, 0.15) is 16.0 Å². The van der Waals surface area contributed by atoms with Crippen molar-refractivity contribution in [2.24, 2.45) is 10.7 Å². The van der Waals surface area contributed by atoms with Gasteiger partial charge in [-0.25, -0.2) is 9.38 Å². The van der Waals surface area contributed by atoms with Crippen molar-refractivity contribution in [1.29, 1.82) is 0 Å². The molecule has 0 amide bonds. The molecule has 1 heterocycles. The average Bonchev–Trinajstić information content (AvgIpc) is 3.01. The molecule has 1 aromatic carbocycles. The number of aliphatic imine (C=N–C) groups is 1. The van der Waals surface area contributed by atoms with E-state index in [1.54, 1.807) is 17.4 Å². The van der Waals surface area contributed by atoms with Crippen LogP contribution in [0.5, 0.6) is 0 Å². The fourth-order valence-corrected chi connectivity index (χ4v) is 2.90. The summed E-state index contributed by atoms with van der Waals surface area (Å²) in [5.74, 6) is 0.230. The number of halogens is 2. The summed E-state index contributed by atoms with van der Waals surface area (Å²) in [4.78, 5) is 7.57. The molecule has 0 aliphatic heterocycles. The van der Waals surface area contributed by atoms with E-state index >= 15 is 0 Å². The molecule has 7 heteroatoms. The summed E-state index contributed by atoms with van der Waals surface area (Å²) < 4.78 is 13.7. The minimum absolute atomic E-state index is 0. The maximum atomic E-state index is 13.7. The van der Waals surface area contributed by atoms with Crippen molar-refractivity contribution in [3.05, 3.63) is 57.5 Å². The molecule has 4 nitrogen and oxygen atoms in total. The van der Waals surface area contributed by atoms with Gasteiger partial charge in [0.1, 0.15) is 5.82 Å². The maximum Gasteiger partial charge on any atom is 0.188 e. The lowest BCUT2D eigenvalue weighted by Crippen LogP contribution is -2.33. The summed E-state index contributed by atoms with van der Waals surface area (Å²) in [6.45, 7) is 1.77. The first kappa shape index (κ1) is 20.9. The molecule has 1 aromatic heterocycles. The molecule has 132 valence electrons. The number of hydrogen-bond donors (Lipinski definition) is 2. The van der Waals surface area contributed by atoms with E-state index in [0.717, 1.165) is 18.5 Å². The van der Waals surface area contributed by atoms with Crippen LogP contribution in [0.3, 0.4) is 0 Å². The monoisotopic (exact) mass is 462 g/mol. The minimum atomic E-state index is -0.187. The predicted molar refractivity (Wildman–Crippen MR) is 111 cm³/mol. The second kappa shape index (κ2) is 10.6. The summed E-state index contributed by atoms with van der Waals surface area (Å²) in [7, 11) is 3.83. The first-order chi connectivity index (χ1) is 11.0. The van der Waals surface area contributed by atoms with E-state index < -0.39 is 0 Å². The van der Waals surface area contributed by atoms with Crippen molar-refractivity contribution in [1.82, 2.24) is 10.2 Å². The van der Waals surface area contributed by atoms with Gasteiger partial charge in [-0.3, -0.25) is 0 Å². The zero-order chi connectivity index (χ0) is 16.7. The quantitative estimate of drug-likeness (QED) is 0.378. The van der Waals surface area contributed by atoms with Gasteiger partial charge in [0, 0.05) is 23.5 Å². The van der Waals surface area contributed by atoms with Crippen molar-refractivity contribution in [2.75, 3.05) is 20.6 Å². The molecule has 2 rings (SSSR count). The number of guanidine groups is 1. The van der Waals surface area contributed by atoms with E-state index in [0.29, 0.717) is 24.6 Å². The molecule has 0 fully saturated rings. The number of thiophene rings is 1. The molecular formula is C17H24FIN4S. The Morgan fingerprint density at radius 2 is 2.12 bits per heavy atom. The van der Waals surface area contributed by atoms with Crippen molar-refractivity contribution >= 4 is 41.3 Å². The van der Waals surface area contributed by atoms with E-state index in [4.69, 9.17) is 5.73 Å². The van der Waals surface area contributed by atoms with Gasteiger partial charge < -0.3 is 16.0 Å². The zero-order valence-corrected chi connectivity index (χ0v) is 17.1. The van der Waals surface area contributed by atoms with Crippen molar-refractivity contribution < 1.29 is 4.39 Å². The van der Waals surface area contributed by atoms with Crippen LogP contribution in [0.25, 0.3) is 0 Å². The van der Waals surface area contributed by atoms with E-state index in [1.807, 2.05) is 31.1 Å². The third-order valence-electron chi connectivity index (χ3n) is 3.29. The lowest BCUT2D eigenvalue weighted by atomic mass is 10.1. The summed E-state index contributed by atoms with van der Waals surface area (Å²) in [6, 6.07) is 9.22. The molecule has 0 saturated heterocycles. The van der Waals surface area contributed by atoms with Gasteiger partial charge in [0.25, 0.3) is 0 Å². The van der Waals surface area contributed by atoms with Crippen LogP contribution < -0.4 is 11.1 Å². The number of nitrogens with one attached hydrogen (secondary N) is 1. The second-order valence-corrected chi connectivity index (χ2v) is 6.65. The number of hydrogen-bond acceptors (Lipinski definition) is 3. The third kappa shape index (κ3) is 7.14. The maximum absolute atomic E-state index is 13.7. The van der Waals surface area contributed by atoms with Gasteiger partial charge in [-0.05, 0) is 49.7 Å². The van der Waals surface area contributed by atoms with Gasteiger partial charge in [-0.15, -0.1) is 35.3 Å². The molecule has 24 heavy (non-hydrogen) atoms. The van der Waals surface area contributed by atoms with E-state index in [2.05, 4.69) is 21.8 Å². The highest BCUT2D eigenvalue weighted by Gasteiger charge is 2.05. The average molecular weight is 462 g/mol. The molecule has 0 aliphatic rings. The van der Waals surface area contributed by atoms with Crippen LogP contribution >= 0.6 is 35.3 Å². The fraction of sp³-hybridized carbons (Fsp3) is 0.353. The molecular weight excluding hydrogens is 438 g/mol. The Balaban J connectivity index is 0.00000288. The number of nitrogens with two attached hydrogens (primary N) is 1. The highest BCUT2D eigenvalue weighted by Crippen LogP contribution is 2.13. The van der Waals surface area contributed by atoms with Crippen LogP contribution in [0.2, 0.25) is 0 Å². The Morgan fingerprint density at radius 3 is 2.79 bits per heavy atom. The van der Waals surface area contributed by atoms with Crippen LogP contribution in [-0.4, -0.2) is 31.5 Å². The second-order valence-electron chi connectivity index (χ2n) is 5.62. The Kier molecular flexibility index (Phi) is 9.24. The van der Waals surface area contributed by atoms with Crippen LogP contribution in [-0.2, 0) is 19.5 Å². The van der Waals surface area contributed by atoms with Gasteiger partial charge in [0.15, 0.2) is 5.96 Å². The Morgan fingerprint density at radius 1 is 1.33 bits per heavy atom. The largest absolute Gasteiger partial charge is 0.370 e. The molecule has 3 N–H and O–H groups in total. The number of benzene rings is 1. The highest BCUT2D eigenvalue weighted by atomic mass is 127. The first-order valence-corrected chi connectivity index (χ1v) is 8.41. The number of nitrogens with zero attached hydrogens (tertiary/aromatic N) is 2. The normalized spacial score (nSPS) is 11.4. The Hall–Kier alpha value is -1.19. The van der Waals surface area contributed by atoms with Gasteiger partial charge in [0.05, 0.1) is 6.54 Å². The van der Waals surface area contributed by atoms with E-state index in [9.17, 15) is 4.39 Å². The highest BCUT2D eigenvalue weighted by molar-refractivity contribution is 14.0. The Labute approximate surface area is 164 Å². The number of rotatable bonds is 7. The van der Waals surface area contributed by atoms with Crippen LogP contribution in [0.15, 0.2) is 40.7 Å². The lowest BCUT2D eigenvalue weighted by molar-refractivity contribution is 0.392. The van der Waals surface area contributed by atoms with Gasteiger partial charge in [-0.2, -0.15) is 0 Å². The van der Waals surface area contributed by atoms with E-state index in [-0.39, 0.29) is 29.8 Å². The fourth-order valence-electron chi connectivity index (χ4n) is 2.19. The Bertz CT molecular complexity index is 644. The van der Waals surface area contributed by atoms with E-state index in [1.165, 1.54) is 10.9 Å². The molecule has 2 aromatic rings. The molecule has 0 radical (unpaired) electrons. The van der Waals surface area contributed by atoms with Gasteiger partial charge >= 0.3 is 0 Å². The van der Waals surface area contributed by atoms with Gasteiger partial charge in [0.2, 0.25) is 0 Å². The summed E-state index contributed by atoms with van der Waals surface area (Å²) in [5.41, 5.74) is 7.49. The predicted octanol–water partition coefficient (Wildman–Crippen LogP) is 3.21. The van der Waals surface area contributed by atoms with Crippen molar-refractivity contribution in [2.45, 2.75) is 19.5 Å². The minimum Gasteiger partial charge on any atom is -0.370 e. The lowest BCUT2D eigenvalue weighted by Gasteiger charge is -2.11. The molecule has 0 spiro atoms.